The van der Waals surface area contributed by atoms with Gasteiger partial charge in [0.15, 0.2) is 0 Å². The largest absolute Gasteiger partial charge is 0.236 e. The van der Waals surface area contributed by atoms with Crippen LogP contribution in [0.15, 0.2) is 54.9 Å². The van der Waals surface area contributed by atoms with Gasteiger partial charge in [0, 0.05) is 10.9 Å². The summed E-state index contributed by atoms with van der Waals surface area (Å²) in [6.45, 7) is 2.20. The van der Waals surface area contributed by atoms with Crippen LogP contribution in [0.4, 0.5) is 0 Å². The van der Waals surface area contributed by atoms with E-state index in [4.69, 9.17) is 0 Å². The zero-order valence-corrected chi connectivity index (χ0v) is 11.0. The first-order chi connectivity index (χ1) is 9.38. The Kier molecular flexibility index (Phi) is 3.23. The number of fused-ring (bicyclic) bond motifs is 1. The quantitative estimate of drug-likeness (QED) is 0.692. The summed E-state index contributed by atoms with van der Waals surface area (Å²) >= 11 is 0. The lowest BCUT2D eigenvalue weighted by molar-refractivity contribution is 0.922. The summed E-state index contributed by atoms with van der Waals surface area (Å²) in [5.41, 5.74) is 4.53. The summed E-state index contributed by atoms with van der Waals surface area (Å²) < 4.78 is 0. The van der Waals surface area contributed by atoms with Gasteiger partial charge in [-0.1, -0.05) is 55.8 Å². The lowest BCUT2D eigenvalue weighted by atomic mass is 10.0. The molecule has 19 heavy (non-hydrogen) atoms. The van der Waals surface area contributed by atoms with Crippen LogP contribution in [0.1, 0.15) is 18.9 Å². The molecular weight excluding hydrogens is 232 g/mol. The number of aromatic nitrogens is 2. The topological polar surface area (TPSA) is 25.8 Å². The Labute approximate surface area is 113 Å². The van der Waals surface area contributed by atoms with Crippen LogP contribution in [0.25, 0.3) is 22.2 Å². The molecule has 0 bridgehead atoms. The summed E-state index contributed by atoms with van der Waals surface area (Å²) in [4.78, 5) is 8.74. The second kappa shape index (κ2) is 5.19. The molecule has 2 heteroatoms. The van der Waals surface area contributed by atoms with Gasteiger partial charge in [-0.2, -0.15) is 0 Å². The molecule has 0 amide bonds. The Morgan fingerprint density at radius 2 is 1.68 bits per heavy atom. The molecule has 0 saturated heterocycles. The van der Waals surface area contributed by atoms with Crippen molar-refractivity contribution in [2.45, 2.75) is 19.8 Å². The molecule has 0 atom stereocenters. The van der Waals surface area contributed by atoms with Gasteiger partial charge in [0.1, 0.15) is 6.33 Å². The van der Waals surface area contributed by atoms with E-state index in [0.29, 0.717) is 0 Å². The average molecular weight is 248 g/mol. The maximum atomic E-state index is 4.44. The normalized spacial score (nSPS) is 10.8. The smallest absolute Gasteiger partial charge is 0.116 e. The monoisotopic (exact) mass is 248 g/mol. The van der Waals surface area contributed by atoms with Crippen LogP contribution in [0.3, 0.4) is 0 Å². The summed E-state index contributed by atoms with van der Waals surface area (Å²) in [5, 5.41) is 1.10. The van der Waals surface area contributed by atoms with E-state index in [1.165, 1.54) is 12.0 Å². The Morgan fingerprint density at radius 3 is 2.47 bits per heavy atom. The van der Waals surface area contributed by atoms with Crippen LogP contribution >= 0.6 is 0 Å². The predicted molar refractivity (Wildman–Crippen MR) is 79.0 cm³/mol. The van der Waals surface area contributed by atoms with Crippen molar-refractivity contribution in [2.75, 3.05) is 0 Å². The molecular formula is C17H16N2. The molecule has 0 N–H and O–H groups in total. The molecule has 0 unspecified atom stereocenters. The van der Waals surface area contributed by atoms with Crippen molar-refractivity contribution in [3.8, 4) is 11.3 Å². The maximum Gasteiger partial charge on any atom is 0.116 e. The highest BCUT2D eigenvalue weighted by Gasteiger charge is 2.05. The fourth-order valence-corrected chi connectivity index (χ4v) is 2.35. The van der Waals surface area contributed by atoms with Gasteiger partial charge in [-0.05, 0) is 18.1 Å². The van der Waals surface area contributed by atoms with E-state index < -0.39 is 0 Å². The Balaban J connectivity index is 2.08. The highest BCUT2D eigenvalue weighted by atomic mass is 14.8. The Morgan fingerprint density at radius 1 is 0.895 bits per heavy atom. The summed E-state index contributed by atoms with van der Waals surface area (Å²) in [6.07, 6.45) is 3.94. The molecule has 1 heterocycles. The molecule has 0 aliphatic rings. The minimum Gasteiger partial charge on any atom is -0.236 e. The number of aryl methyl sites for hydroxylation is 1. The Hall–Kier alpha value is -2.22. The molecule has 0 aliphatic carbocycles. The average Bonchev–Trinajstić information content (AvgIpc) is 2.48. The molecule has 0 radical (unpaired) electrons. The Bertz CT molecular complexity index is 682. The number of hydrogen-bond donors (Lipinski definition) is 0. The van der Waals surface area contributed by atoms with Crippen molar-refractivity contribution in [2.24, 2.45) is 0 Å². The number of benzene rings is 2. The second-order valence-corrected chi connectivity index (χ2v) is 4.69. The van der Waals surface area contributed by atoms with Gasteiger partial charge in [0.25, 0.3) is 0 Å². The molecule has 2 nitrogen and oxygen atoms in total. The molecule has 0 spiro atoms. The van der Waals surface area contributed by atoms with Gasteiger partial charge < -0.3 is 0 Å². The van der Waals surface area contributed by atoms with E-state index in [0.717, 1.165) is 28.6 Å². The molecule has 3 aromatic rings. The third-order valence-corrected chi connectivity index (χ3v) is 3.31. The lowest BCUT2D eigenvalue weighted by Crippen LogP contribution is -1.89. The van der Waals surface area contributed by atoms with Gasteiger partial charge in [0.2, 0.25) is 0 Å². The fraction of sp³-hybridized carbons (Fsp3) is 0.176. The third-order valence-electron chi connectivity index (χ3n) is 3.31. The standard InChI is InChI=1S/C17H16N2/c1-2-5-13-8-10-14(11-9-13)17-15-6-3-4-7-16(15)18-12-19-17/h3-4,6-12H,2,5H2,1H3. The van der Waals surface area contributed by atoms with Crippen LogP contribution in [-0.4, -0.2) is 9.97 Å². The van der Waals surface area contributed by atoms with Gasteiger partial charge in [0.05, 0.1) is 11.2 Å². The minimum absolute atomic E-state index is 0.991. The van der Waals surface area contributed by atoms with E-state index in [1.807, 2.05) is 18.2 Å². The van der Waals surface area contributed by atoms with E-state index >= 15 is 0 Å². The van der Waals surface area contributed by atoms with Gasteiger partial charge in [-0.15, -0.1) is 0 Å². The molecule has 0 fully saturated rings. The molecule has 1 aromatic heterocycles. The maximum absolute atomic E-state index is 4.44. The summed E-state index contributed by atoms with van der Waals surface area (Å²) in [6, 6.07) is 16.8. The number of para-hydroxylation sites is 1. The first-order valence-electron chi connectivity index (χ1n) is 6.67. The molecule has 0 saturated carbocycles. The van der Waals surface area contributed by atoms with Crippen molar-refractivity contribution in [1.82, 2.24) is 9.97 Å². The first kappa shape index (κ1) is 11.8. The zero-order valence-electron chi connectivity index (χ0n) is 11.0. The van der Waals surface area contributed by atoms with E-state index in [9.17, 15) is 0 Å². The predicted octanol–water partition coefficient (Wildman–Crippen LogP) is 4.25. The molecule has 3 rings (SSSR count). The van der Waals surface area contributed by atoms with Crippen LogP contribution in [0.2, 0.25) is 0 Å². The van der Waals surface area contributed by atoms with E-state index in [-0.39, 0.29) is 0 Å². The van der Waals surface area contributed by atoms with Crippen molar-refractivity contribution in [3.05, 3.63) is 60.4 Å². The van der Waals surface area contributed by atoms with Crippen LogP contribution in [-0.2, 0) is 6.42 Å². The van der Waals surface area contributed by atoms with Crippen molar-refractivity contribution in [1.29, 1.82) is 0 Å². The SMILES string of the molecule is CCCc1ccc(-c2ncnc3ccccc23)cc1. The summed E-state index contributed by atoms with van der Waals surface area (Å²) in [5.74, 6) is 0. The highest BCUT2D eigenvalue weighted by Crippen LogP contribution is 2.25. The van der Waals surface area contributed by atoms with Crippen LogP contribution < -0.4 is 0 Å². The van der Waals surface area contributed by atoms with Gasteiger partial charge in [-0.3, -0.25) is 0 Å². The van der Waals surface area contributed by atoms with E-state index in [2.05, 4.69) is 47.2 Å². The third kappa shape index (κ3) is 2.34. The fourth-order valence-electron chi connectivity index (χ4n) is 2.35. The van der Waals surface area contributed by atoms with E-state index in [1.54, 1.807) is 6.33 Å². The van der Waals surface area contributed by atoms with Crippen molar-refractivity contribution in [3.63, 3.8) is 0 Å². The van der Waals surface area contributed by atoms with Crippen LogP contribution in [0, 0.1) is 0 Å². The van der Waals surface area contributed by atoms with Crippen LogP contribution in [0.5, 0.6) is 0 Å². The molecule has 0 aliphatic heterocycles. The lowest BCUT2D eigenvalue weighted by Gasteiger charge is -2.06. The van der Waals surface area contributed by atoms with Crippen molar-refractivity contribution >= 4 is 10.9 Å². The first-order valence-corrected chi connectivity index (χ1v) is 6.67. The highest BCUT2D eigenvalue weighted by molar-refractivity contribution is 5.91. The zero-order chi connectivity index (χ0) is 13.1. The minimum atomic E-state index is 0.991. The second-order valence-electron chi connectivity index (χ2n) is 4.69. The van der Waals surface area contributed by atoms with Gasteiger partial charge in [-0.25, -0.2) is 9.97 Å². The number of hydrogen-bond acceptors (Lipinski definition) is 2. The number of nitrogens with zero attached hydrogens (tertiary/aromatic N) is 2. The summed E-state index contributed by atoms with van der Waals surface area (Å²) in [7, 11) is 0. The van der Waals surface area contributed by atoms with Gasteiger partial charge >= 0.3 is 0 Å². The molecule has 94 valence electrons. The van der Waals surface area contributed by atoms with Crippen molar-refractivity contribution < 1.29 is 0 Å². The number of rotatable bonds is 3. The molecule has 2 aromatic carbocycles.